The molecule has 0 aromatic rings. The second kappa shape index (κ2) is 6.09. The van der Waals surface area contributed by atoms with E-state index in [-0.39, 0.29) is 19.0 Å². The molecule has 4 nitrogen and oxygen atoms in total. The Balaban J connectivity index is 2.83. The van der Waals surface area contributed by atoms with Gasteiger partial charge in [0.2, 0.25) is 0 Å². The number of carbonyl (C=O) groups is 1. The van der Waals surface area contributed by atoms with Crippen molar-refractivity contribution in [3.05, 3.63) is 0 Å². The molecule has 1 rings (SSSR count). The van der Waals surface area contributed by atoms with E-state index >= 15 is 0 Å². The van der Waals surface area contributed by atoms with Crippen molar-refractivity contribution in [2.45, 2.75) is 38.4 Å². The van der Waals surface area contributed by atoms with Gasteiger partial charge < -0.3 is 10.4 Å². The van der Waals surface area contributed by atoms with Gasteiger partial charge in [0, 0.05) is 6.54 Å². The van der Waals surface area contributed by atoms with Gasteiger partial charge in [-0.3, -0.25) is 9.69 Å². The lowest BCUT2D eigenvalue weighted by Crippen LogP contribution is -2.61. The molecule has 1 aliphatic carbocycles. The molecule has 0 bridgehead atoms. The van der Waals surface area contributed by atoms with Crippen molar-refractivity contribution in [2.24, 2.45) is 5.92 Å². The molecule has 0 aromatic carbocycles. The van der Waals surface area contributed by atoms with Gasteiger partial charge in [0.1, 0.15) is 5.54 Å². The summed E-state index contributed by atoms with van der Waals surface area (Å²) in [4.78, 5) is 12.7. The standard InChI is InChI=1S/C12H21F3N2O2/c1-3-16-11(10(18)19,9-5-6-9)7-17(4-2)8-12(13,14)15/h9,16H,3-8H2,1-2H3,(H,18,19). The monoisotopic (exact) mass is 282 g/mol. The molecule has 1 atom stereocenters. The lowest BCUT2D eigenvalue weighted by Gasteiger charge is -2.36. The van der Waals surface area contributed by atoms with E-state index in [0.717, 1.165) is 17.7 Å². The van der Waals surface area contributed by atoms with E-state index in [1.165, 1.54) is 0 Å². The summed E-state index contributed by atoms with van der Waals surface area (Å²) in [6.07, 6.45) is -2.80. The third-order valence-electron chi connectivity index (χ3n) is 3.47. The SMILES string of the molecule is CCNC(CN(CC)CC(F)(F)F)(C(=O)O)C1CC1. The Hall–Kier alpha value is -0.820. The van der Waals surface area contributed by atoms with Gasteiger partial charge >= 0.3 is 12.1 Å². The highest BCUT2D eigenvalue weighted by atomic mass is 19.4. The topological polar surface area (TPSA) is 52.6 Å². The first kappa shape index (κ1) is 16.2. The summed E-state index contributed by atoms with van der Waals surface area (Å²) < 4.78 is 37.4. The van der Waals surface area contributed by atoms with Crippen molar-refractivity contribution in [3.63, 3.8) is 0 Å². The van der Waals surface area contributed by atoms with Crippen LogP contribution in [0.3, 0.4) is 0 Å². The van der Waals surface area contributed by atoms with E-state index in [9.17, 15) is 23.1 Å². The first-order valence-electron chi connectivity index (χ1n) is 6.52. The number of hydrogen-bond donors (Lipinski definition) is 2. The number of carboxylic acids is 1. The van der Waals surface area contributed by atoms with Crippen molar-refractivity contribution in [1.29, 1.82) is 0 Å². The summed E-state index contributed by atoms with van der Waals surface area (Å²) in [7, 11) is 0. The fourth-order valence-electron chi connectivity index (χ4n) is 2.42. The number of likely N-dealkylation sites (N-methyl/N-ethyl adjacent to an activating group) is 2. The van der Waals surface area contributed by atoms with E-state index in [0.29, 0.717) is 6.54 Å². The van der Waals surface area contributed by atoms with Crippen LogP contribution in [0.4, 0.5) is 13.2 Å². The molecule has 1 aliphatic rings. The van der Waals surface area contributed by atoms with Gasteiger partial charge in [-0.15, -0.1) is 0 Å². The summed E-state index contributed by atoms with van der Waals surface area (Å²) in [5, 5.41) is 12.3. The molecule has 0 amide bonds. The Kier molecular flexibility index (Phi) is 5.20. The molecular formula is C12H21F3N2O2. The van der Waals surface area contributed by atoms with Crippen LogP contribution in [-0.4, -0.2) is 53.9 Å². The Morgan fingerprint density at radius 3 is 2.21 bits per heavy atom. The molecule has 2 N–H and O–H groups in total. The third-order valence-corrected chi connectivity index (χ3v) is 3.47. The Morgan fingerprint density at radius 1 is 1.32 bits per heavy atom. The maximum atomic E-state index is 12.5. The number of rotatable bonds is 8. The van der Waals surface area contributed by atoms with Gasteiger partial charge in [-0.25, -0.2) is 0 Å². The number of nitrogens with one attached hydrogen (secondary N) is 1. The Labute approximate surface area is 111 Å². The number of hydrogen-bond acceptors (Lipinski definition) is 3. The molecule has 1 fully saturated rings. The van der Waals surface area contributed by atoms with Crippen molar-refractivity contribution in [1.82, 2.24) is 10.2 Å². The van der Waals surface area contributed by atoms with E-state index < -0.39 is 24.2 Å². The molecule has 0 heterocycles. The van der Waals surface area contributed by atoms with Crippen molar-refractivity contribution in [3.8, 4) is 0 Å². The fraction of sp³-hybridized carbons (Fsp3) is 0.917. The van der Waals surface area contributed by atoms with Gasteiger partial charge in [0.05, 0.1) is 6.54 Å². The second-order valence-electron chi connectivity index (χ2n) is 5.00. The minimum absolute atomic E-state index is 0.0766. The minimum Gasteiger partial charge on any atom is -0.480 e. The molecule has 0 radical (unpaired) electrons. The quantitative estimate of drug-likeness (QED) is 0.711. The summed E-state index contributed by atoms with van der Waals surface area (Å²) in [6, 6.07) is 0. The van der Waals surface area contributed by atoms with E-state index in [1.54, 1.807) is 13.8 Å². The molecule has 1 unspecified atom stereocenters. The molecular weight excluding hydrogens is 261 g/mol. The maximum absolute atomic E-state index is 12.5. The van der Waals surface area contributed by atoms with Gasteiger partial charge in [-0.05, 0) is 31.8 Å². The van der Waals surface area contributed by atoms with Crippen LogP contribution in [0.1, 0.15) is 26.7 Å². The smallest absolute Gasteiger partial charge is 0.401 e. The minimum atomic E-state index is -4.31. The van der Waals surface area contributed by atoms with E-state index in [4.69, 9.17) is 0 Å². The van der Waals surface area contributed by atoms with Crippen LogP contribution in [0.25, 0.3) is 0 Å². The summed E-state index contributed by atoms with van der Waals surface area (Å²) in [5.41, 5.74) is -1.25. The zero-order valence-corrected chi connectivity index (χ0v) is 11.3. The van der Waals surface area contributed by atoms with Crippen LogP contribution < -0.4 is 5.32 Å². The molecule has 1 saturated carbocycles. The zero-order chi connectivity index (χ0) is 14.7. The number of aliphatic carboxylic acids is 1. The first-order valence-corrected chi connectivity index (χ1v) is 6.52. The molecule has 0 aromatic heterocycles. The van der Waals surface area contributed by atoms with E-state index in [2.05, 4.69) is 5.32 Å². The van der Waals surface area contributed by atoms with Crippen LogP contribution in [-0.2, 0) is 4.79 Å². The van der Waals surface area contributed by atoms with Crippen LogP contribution in [0.2, 0.25) is 0 Å². The highest BCUT2D eigenvalue weighted by Crippen LogP contribution is 2.40. The predicted molar refractivity (Wildman–Crippen MR) is 64.9 cm³/mol. The molecule has 0 spiro atoms. The second-order valence-corrected chi connectivity index (χ2v) is 5.00. The molecule has 7 heteroatoms. The highest BCUT2D eigenvalue weighted by molar-refractivity contribution is 5.80. The molecule has 19 heavy (non-hydrogen) atoms. The lowest BCUT2D eigenvalue weighted by molar-refractivity contribution is -0.157. The van der Waals surface area contributed by atoms with Crippen LogP contribution in [0, 0.1) is 5.92 Å². The average molecular weight is 282 g/mol. The maximum Gasteiger partial charge on any atom is 0.401 e. The Morgan fingerprint density at radius 2 is 1.89 bits per heavy atom. The van der Waals surface area contributed by atoms with Gasteiger partial charge in [-0.2, -0.15) is 13.2 Å². The number of halogens is 3. The van der Waals surface area contributed by atoms with Crippen LogP contribution in [0.15, 0.2) is 0 Å². The Bertz CT molecular complexity index is 319. The van der Waals surface area contributed by atoms with Gasteiger partial charge in [0.25, 0.3) is 0 Å². The third kappa shape index (κ3) is 4.35. The number of carboxylic acid groups (broad SMARTS) is 1. The summed E-state index contributed by atoms with van der Waals surface area (Å²) in [6.45, 7) is 2.78. The first-order chi connectivity index (χ1) is 8.75. The van der Waals surface area contributed by atoms with Crippen molar-refractivity contribution < 1.29 is 23.1 Å². The molecule has 0 aliphatic heterocycles. The van der Waals surface area contributed by atoms with Gasteiger partial charge in [0.15, 0.2) is 0 Å². The summed E-state index contributed by atoms with van der Waals surface area (Å²) >= 11 is 0. The highest BCUT2D eigenvalue weighted by Gasteiger charge is 2.52. The summed E-state index contributed by atoms with van der Waals surface area (Å²) in [5.74, 6) is -1.13. The van der Waals surface area contributed by atoms with Crippen molar-refractivity contribution >= 4 is 5.97 Å². The fourth-order valence-corrected chi connectivity index (χ4v) is 2.42. The van der Waals surface area contributed by atoms with E-state index in [1.807, 2.05) is 0 Å². The van der Waals surface area contributed by atoms with Gasteiger partial charge in [-0.1, -0.05) is 13.8 Å². The lowest BCUT2D eigenvalue weighted by atomic mass is 9.92. The largest absolute Gasteiger partial charge is 0.480 e. The molecule has 112 valence electrons. The molecule has 0 saturated heterocycles. The average Bonchev–Trinajstić information content (AvgIpc) is 3.09. The zero-order valence-electron chi connectivity index (χ0n) is 11.3. The number of nitrogens with zero attached hydrogens (tertiary/aromatic N) is 1. The van der Waals surface area contributed by atoms with Crippen molar-refractivity contribution in [2.75, 3.05) is 26.2 Å². The normalized spacial score (nSPS) is 19.5. The predicted octanol–water partition coefficient (Wildman–Crippen LogP) is 1.71. The van der Waals surface area contributed by atoms with Crippen LogP contribution >= 0.6 is 0 Å². The van der Waals surface area contributed by atoms with Crippen LogP contribution in [0.5, 0.6) is 0 Å². The number of alkyl halides is 3.